The molecule has 0 radical (unpaired) electrons. The molecular formula is C8H9N3O. The Morgan fingerprint density at radius 3 is 3.00 bits per heavy atom. The van der Waals surface area contributed by atoms with E-state index < -0.39 is 0 Å². The van der Waals surface area contributed by atoms with Gasteiger partial charge in [0.1, 0.15) is 0 Å². The molecule has 0 aliphatic rings. The minimum absolute atomic E-state index is 0.597. The topological polar surface area (TPSA) is 39.4 Å². The smallest absolute Gasteiger partial charge is 0.231 e. The molecule has 0 fully saturated rings. The van der Waals surface area contributed by atoms with E-state index in [4.69, 9.17) is 4.74 Å². The van der Waals surface area contributed by atoms with Gasteiger partial charge in [-0.1, -0.05) is 0 Å². The van der Waals surface area contributed by atoms with Gasteiger partial charge in [0.15, 0.2) is 5.65 Å². The lowest BCUT2D eigenvalue weighted by molar-refractivity contribution is 0.390. The molecular weight excluding hydrogens is 154 g/mol. The number of rotatable bonds is 1. The van der Waals surface area contributed by atoms with Crippen LogP contribution in [-0.4, -0.2) is 21.7 Å². The molecule has 62 valence electrons. The van der Waals surface area contributed by atoms with Crippen LogP contribution in [0, 0.1) is 6.92 Å². The normalized spacial score (nSPS) is 10.5. The lowest BCUT2D eigenvalue weighted by Gasteiger charge is -1.96. The summed E-state index contributed by atoms with van der Waals surface area (Å²) in [7, 11) is 1.60. The first kappa shape index (κ1) is 7.09. The molecule has 4 nitrogen and oxygen atoms in total. The number of fused-ring (bicyclic) bond motifs is 1. The number of aromatic nitrogens is 3. The predicted molar refractivity (Wildman–Crippen MR) is 44.3 cm³/mol. The molecule has 0 bridgehead atoms. The van der Waals surface area contributed by atoms with Crippen molar-refractivity contribution in [1.29, 1.82) is 0 Å². The molecule has 0 saturated carbocycles. The number of nitrogens with zero attached hydrogens (tertiary/aromatic N) is 3. The second-order valence-corrected chi connectivity index (χ2v) is 2.56. The van der Waals surface area contributed by atoms with Crippen molar-refractivity contribution in [3.05, 3.63) is 24.0 Å². The van der Waals surface area contributed by atoms with Gasteiger partial charge in [0, 0.05) is 6.07 Å². The van der Waals surface area contributed by atoms with Gasteiger partial charge in [-0.05, 0) is 13.0 Å². The highest BCUT2D eigenvalue weighted by Crippen LogP contribution is 2.08. The molecule has 0 amide bonds. The lowest BCUT2D eigenvalue weighted by Crippen LogP contribution is -1.93. The summed E-state index contributed by atoms with van der Waals surface area (Å²) >= 11 is 0. The van der Waals surface area contributed by atoms with E-state index in [1.54, 1.807) is 17.7 Å². The van der Waals surface area contributed by atoms with Crippen LogP contribution >= 0.6 is 0 Å². The largest absolute Gasteiger partial charge is 0.480 e. The van der Waals surface area contributed by atoms with E-state index in [2.05, 4.69) is 10.1 Å². The summed E-state index contributed by atoms with van der Waals surface area (Å²) in [6.07, 6.45) is 1.86. The summed E-state index contributed by atoms with van der Waals surface area (Å²) in [5, 5.41) is 4.15. The molecule has 0 aliphatic heterocycles. The highest BCUT2D eigenvalue weighted by atomic mass is 16.5. The molecule has 0 saturated heterocycles. The number of methoxy groups -OCH3 is 1. The van der Waals surface area contributed by atoms with Gasteiger partial charge in [0.2, 0.25) is 5.88 Å². The Morgan fingerprint density at radius 2 is 2.25 bits per heavy atom. The van der Waals surface area contributed by atoms with Gasteiger partial charge in [0.25, 0.3) is 0 Å². The summed E-state index contributed by atoms with van der Waals surface area (Å²) in [5.41, 5.74) is 1.80. The molecule has 2 rings (SSSR count). The SMILES string of the molecule is COc1ccc2nc(C)cn2n1. The zero-order valence-corrected chi connectivity index (χ0v) is 6.98. The van der Waals surface area contributed by atoms with Crippen LogP contribution in [0.3, 0.4) is 0 Å². The van der Waals surface area contributed by atoms with Gasteiger partial charge in [-0.25, -0.2) is 9.50 Å². The third kappa shape index (κ3) is 1.01. The molecule has 2 heterocycles. The minimum atomic E-state index is 0.597. The quantitative estimate of drug-likeness (QED) is 0.630. The van der Waals surface area contributed by atoms with E-state index in [-0.39, 0.29) is 0 Å². The van der Waals surface area contributed by atoms with Gasteiger partial charge < -0.3 is 4.74 Å². The molecule has 0 aromatic carbocycles. The summed E-state index contributed by atoms with van der Waals surface area (Å²) in [6, 6.07) is 3.67. The Labute approximate surface area is 69.8 Å². The Bertz CT molecular complexity index is 408. The van der Waals surface area contributed by atoms with Crippen molar-refractivity contribution in [2.75, 3.05) is 7.11 Å². The van der Waals surface area contributed by atoms with Crippen LogP contribution in [0.15, 0.2) is 18.3 Å². The van der Waals surface area contributed by atoms with Gasteiger partial charge in [0.05, 0.1) is 19.0 Å². The number of imidazole rings is 1. The van der Waals surface area contributed by atoms with E-state index in [1.165, 1.54) is 0 Å². The average molecular weight is 163 g/mol. The number of hydrogen-bond donors (Lipinski definition) is 0. The van der Waals surface area contributed by atoms with Crippen LogP contribution in [-0.2, 0) is 0 Å². The predicted octanol–water partition coefficient (Wildman–Crippen LogP) is 1.05. The van der Waals surface area contributed by atoms with Crippen molar-refractivity contribution in [2.45, 2.75) is 6.92 Å². The van der Waals surface area contributed by atoms with E-state index in [0.717, 1.165) is 11.3 Å². The second-order valence-electron chi connectivity index (χ2n) is 2.56. The number of aryl methyl sites for hydroxylation is 1. The first-order valence-electron chi connectivity index (χ1n) is 3.66. The molecule has 2 aromatic rings. The molecule has 4 heteroatoms. The third-order valence-electron chi connectivity index (χ3n) is 1.63. The van der Waals surface area contributed by atoms with Crippen LogP contribution < -0.4 is 4.74 Å². The molecule has 0 atom stereocenters. The maximum Gasteiger partial charge on any atom is 0.231 e. The number of ether oxygens (including phenoxy) is 1. The van der Waals surface area contributed by atoms with Gasteiger partial charge >= 0.3 is 0 Å². The monoisotopic (exact) mass is 163 g/mol. The third-order valence-corrected chi connectivity index (χ3v) is 1.63. The van der Waals surface area contributed by atoms with E-state index in [1.807, 2.05) is 19.2 Å². The number of hydrogen-bond acceptors (Lipinski definition) is 3. The zero-order valence-electron chi connectivity index (χ0n) is 6.98. The fraction of sp³-hybridized carbons (Fsp3) is 0.250. The molecule has 0 N–H and O–H groups in total. The van der Waals surface area contributed by atoms with Crippen LogP contribution in [0.4, 0.5) is 0 Å². The second kappa shape index (κ2) is 2.48. The first-order chi connectivity index (χ1) is 5.79. The fourth-order valence-electron chi connectivity index (χ4n) is 1.09. The molecule has 0 spiro atoms. The average Bonchev–Trinajstić information content (AvgIpc) is 2.43. The summed E-state index contributed by atoms with van der Waals surface area (Å²) in [6.45, 7) is 1.93. The van der Waals surface area contributed by atoms with Crippen LogP contribution in [0.5, 0.6) is 5.88 Å². The van der Waals surface area contributed by atoms with Gasteiger partial charge in [-0.3, -0.25) is 0 Å². The standard InChI is InChI=1S/C8H9N3O/c1-6-5-11-7(9-6)3-4-8(10-11)12-2/h3-5H,1-2H3. The van der Waals surface area contributed by atoms with Gasteiger partial charge in [-0.2, -0.15) is 0 Å². The van der Waals surface area contributed by atoms with Crippen molar-refractivity contribution in [1.82, 2.24) is 14.6 Å². The van der Waals surface area contributed by atoms with Crippen molar-refractivity contribution in [3.8, 4) is 5.88 Å². The molecule has 2 aromatic heterocycles. The van der Waals surface area contributed by atoms with Crippen molar-refractivity contribution in [2.24, 2.45) is 0 Å². The van der Waals surface area contributed by atoms with Crippen LogP contribution in [0.2, 0.25) is 0 Å². The van der Waals surface area contributed by atoms with E-state index in [9.17, 15) is 0 Å². The van der Waals surface area contributed by atoms with Crippen molar-refractivity contribution in [3.63, 3.8) is 0 Å². The molecule has 0 aliphatic carbocycles. The molecule has 0 unspecified atom stereocenters. The highest BCUT2D eigenvalue weighted by Gasteiger charge is 1.99. The van der Waals surface area contributed by atoms with Crippen LogP contribution in [0.25, 0.3) is 5.65 Å². The summed E-state index contributed by atoms with van der Waals surface area (Å²) in [4.78, 5) is 4.23. The maximum absolute atomic E-state index is 4.97. The van der Waals surface area contributed by atoms with Crippen molar-refractivity contribution < 1.29 is 4.74 Å². The zero-order chi connectivity index (χ0) is 8.55. The Morgan fingerprint density at radius 1 is 1.42 bits per heavy atom. The Kier molecular flexibility index (Phi) is 1.46. The van der Waals surface area contributed by atoms with E-state index in [0.29, 0.717) is 5.88 Å². The maximum atomic E-state index is 4.97. The summed E-state index contributed by atoms with van der Waals surface area (Å²) < 4.78 is 6.67. The fourth-order valence-corrected chi connectivity index (χ4v) is 1.09. The van der Waals surface area contributed by atoms with E-state index >= 15 is 0 Å². The Balaban J connectivity index is 2.66. The first-order valence-corrected chi connectivity index (χ1v) is 3.66. The van der Waals surface area contributed by atoms with Crippen LogP contribution in [0.1, 0.15) is 5.69 Å². The Hall–Kier alpha value is -1.58. The minimum Gasteiger partial charge on any atom is -0.480 e. The molecule has 12 heavy (non-hydrogen) atoms. The van der Waals surface area contributed by atoms with Gasteiger partial charge in [-0.15, -0.1) is 5.10 Å². The van der Waals surface area contributed by atoms with Crippen molar-refractivity contribution >= 4 is 5.65 Å². The summed E-state index contributed by atoms with van der Waals surface area (Å²) in [5.74, 6) is 0.597. The lowest BCUT2D eigenvalue weighted by atomic mass is 10.5. The highest BCUT2D eigenvalue weighted by molar-refractivity contribution is 5.39.